The van der Waals surface area contributed by atoms with E-state index < -0.39 is 0 Å². The third-order valence-electron chi connectivity index (χ3n) is 2.71. The molecule has 1 atom stereocenters. The molecule has 0 bridgehead atoms. The van der Waals surface area contributed by atoms with Gasteiger partial charge in [0.2, 0.25) is 0 Å². The van der Waals surface area contributed by atoms with Crippen molar-refractivity contribution >= 4 is 23.5 Å². The van der Waals surface area contributed by atoms with Crippen molar-refractivity contribution in [1.82, 2.24) is 5.32 Å². The molecule has 0 aromatic heterocycles. The summed E-state index contributed by atoms with van der Waals surface area (Å²) < 4.78 is 5.82. The Morgan fingerprint density at radius 3 is 2.81 bits per heavy atom. The van der Waals surface area contributed by atoms with Crippen molar-refractivity contribution in [2.45, 2.75) is 15.9 Å². The molecule has 1 N–H and O–H groups in total. The van der Waals surface area contributed by atoms with Gasteiger partial charge in [-0.2, -0.15) is 0 Å². The fourth-order valence-electron chi connectivity index (χ4n) is 1.93. The fraction of sp³-hybridized carbons (Fsp3) is 0.500. The van der Waals surface area contributed by atoms with E-state index >= 15 is 0 Å². The molecule has 0 spiro atoms. The van der Waals surface area contributed by atoms with Gasteiger partial charge in [-0.05, 0) is 24.1 Å². The zero-order chi connectivity index (χ0) is 11.4. The van der Waals surface area contributed by atoms with E-state index in [1.54, 1.807) is 11.8 Å². The monoisotopic (exact) mass is 255 g/mol. The van der Waals surface area contributed by atoms with Crippen molar-refractivity contribution in [3.63, 3.8) is 0 Å². The molecule has 1 aliphatic rings. The first-order valence-corrected chi connectivity index (χ1v) is 7.85. The number of benzene rings is 1. The average Bonchev–Trinajstić information content (AvgIpc) is 2.38. The van der Waals surface area contributed by atoms with Gasteiger partial charge in [-0.3, -0.25) is 0 Å². The highest BCUT2D eigenvalue weighted by Gasteiger charge is 2.19. The highest BCUT2D eigenvalue weighted by Crippen LogP contribution is 2.35. The molecule has 4 heteroatoms. The SMILES string of the molecule is CSc1cccc(C2CNCCO2)c1SC. The van der Waals surface area contributed by atoms with Crippen molar-refractivity contribution in [3.8, 4) is 0 Å². The Labute approximate surface area is 106 Å². The lowest BCUT2D eigenvalue weighted by molar-refractivity contribution is 0.0259. The zero-order valence-corrected chi connectivity index (χ0v) is 11.3. The standard InChI is InChI=1S/C12H17NOS2/c1-15-11-5-3-4-9(12(11)16-2)10-8-13-6-7-14-10/h3-5,10,13H,6-8H2,1-2H3. The van der Waals surface area contributed by atoms with E-state index in [-0.39, 0.29) is 6.10 Å². The van der Waals surface area contributed by atoms with Crippen LogP contribution in [0.4, 0.5) is 0 Å². The predicted octanol–water partition coefficient (Wildman–Crippen LogP) is 2.79. The summed E-state index contributed by atoms with van der Waals surface area (Å²) in [6.07, 6.45) is 4.47. The highest BCUT2D eigenvalue weighted by atomic mass is 32.2. The molecule has 2 nitrogen and oxygen atoms in total. The molecule has 1 fully saturated rings. The summed E-state index contributed by atoms with van der Waals surface area (Å²) in [7, 11) is 0. The lowest BCUT2D eigenvalue weighted by Crippen LogP contribution is -2.33. The van der Waals surface area contributed by atoms with Crippen molar-refractivity contribution in [1.29, 1.82) is 0 Å². The number of nitrogens with one attached hydrogen (secondary N) is 1. The predicted molar refractivity (Wildman–Crippen MR) is 71.6 cm³/mol. The lowest BCUT2D eigenvalue weighted by atomic mass is 10.1. The van der Waals surface area contributed by atoms with E-state index in [1.165, 1.54) is 15.4 Å². The molecular weight excluding hydrogens is 238 g/mol. The summed E-state index contributed by atoms with van der Waals surface area (Å²) in [6.45, 7) is 2.70. The van der Waals surface area contributed by atoms with Gasteiger partial charge in [0.15, 0.2) is 0 Å². The van der Waals surface area contributed by atoms with E-state index in [0.29, 0.717) is 0 Å². The molecule has 0 radical (unpaired) electrons. The number of hydrogen-bond acceptors (Lipinski definition) is 4. The van der Waals surface area contributed by atoms with Crippen LogP contribution in [0.5, 0.6) is 0 Å². The van der Waals surface area contributed by atoms with Crippen LogP contribution in [0.2, 0.25) is 0 Å². The van der Waals surface area contributed by atoms with Gasteiger partial charge in [0.25, 0.3) is 0 Å². The van der Waals surface area contributed by atoms with Crippen LogP contribution in [0.1, 0.15) is 11.7 Å². The fourth-order valence-corrected chi connectivity index (χ4v) is 3.65. The third kappa shape index (κ3) is 2.56. The summed E-state index contributed by atoms with van der Waals surface area (Å²) >= 11 is 3.61. The highest BCUT2D eigenvalue weighted by molar-refractivity contribution is 8.01. The van der Waals surface area contributed by atoms with E-state index in [9.17, 15) is 0 Å². The van der Waals surface area contributed by atoms with Gasteiger partial charge < -0.3 is 10.1 Å². The Balaban J connectivity index is 2.30. The molecule has 16 heavy (non-hydrogen) atoms. The summed E-state index contributed by atoms with van der Waals surface area (Å²) in [5.74, 6) is 0. The molecule has 1 aliphatic heterocycles. The summed E-state index contributed by atoms with van der Waals surface area (Å²) in [4.78, 5) is 2.71. The van der Waals surface area contributed by atoms with Gasteiger partial charge in [-0.25, -0.2) is 0 Å². The molecule has 1 saturated heterocycles. The van der Waals surface area contributed by atoms with Crippen molar-refractivity contribution in [3.05, 3.63) is 23.8 Å². The Kier molecular flexibility index (Phi) is 4.58. The zero-order valence-electron chi connectivity index (χ0n) is 9.66. The normalized spacial score (nSPS) is 21.0. The quantitative estimate of drug-likeness (QED) is 0.838. The van der Waals surface area contributed by atoms with Gasteiger partial charge in [-0.1, -0.05) is 12.1 Å². The molecule has 88 valence electrons. The number of ether oxygens (including phenoxy) is 1. The van der Waals surface area contributed by atoms with Crippen LogP contribution in [-0.2, 0) is 4.74 Å². The summed E-state index contributed by atoms with van der Waals surface area (Å²) in [5.41, 5.74) is 1.33. The number of thioether (sulfide) groups is 2. The van der Waals surface area contributed by atoms with Crippen LogP contribution < -0.4 is 5.32 Å². The van der Waals surface area contributed by atoms with Gasteiger partial charge in [0, 0.05) is 22.9 Å². The largest absolute Gasteiger partial charge is 0.371 e. The Morgan fingerprint density at radius 2 is 2.19 bits per heavy atom. The number of rotatable bonds is 3. The van der Waals surface area contributed by atoms with Crippen LogP contribution in [-0.4, -0.2) is 32.2 Å². The Morgan fingerprint density at radius 1 is 1.31 bits per heavy atom. The summed E-state index contributed by atoms with van der Waals surface area (Å²) in [5, 5.41) is 3.38. The van der Waals surface area contributed by atoms with E-state index in [4.69, 9.17) is 4.74 Å². The second-order valence-electron chi connectivity index (χ2n) is 3.65. The molecule has 1 unspecified atom stereocenters. The first kappa shape index (κ1) is 12.3. The number of hydrogen-bond donors (Lipinski definition) is 1. The maximum absolute atomic E-state index is 5.82. The first-order valence-electron chi connectivity index (χ1n) is 5.40. The molecule has 1 aromatic carbocycles. The Bertz CT molecular complexity index is 351. The minimum absolute atomic E-state index is 0.211. The van der Waals surface area contributed by atoms with Crippen LogP contribution >= 0.6 is 23.5 Å². The Hall–Kier alpha value is -0.160. The molecule has 2 rings (SSSR count). The van der Waals surface area contributed by atoms with Crippen LogP contribution in [0, 0.1) is 0 Å². The third-order valence-corrected chi connectivity index (χ3v) is 4.48. The lowest BCUT2D eigenvalue weighted by Gasteiger charge is -2.26. The van der Waals surface area contributed by atoms with Crippen molar-refractivity contribution in [2.24, 2.45) is 0 Å². The summed E-state index contributed by atoms with van der Waals surface area (Å²) in [6, 6.07) is 6.48. The first-order chi connectivity index (χ1) is 7.86. The molecule has 1 aromatic rings. The molecule has 0 amide bonds. The maximum atomic E-state index is 5.82. The van der Waals surface area contributed by atoms with Gasteiger partial charge in [0.05, 0.1) is 12.7 Å². The van der Waals surface area contributed by atoms with Gasteiger partial charge in [0.1, 0.15) is 0 Å². The minimum atomic E-state index is 0.211. The molecule has 0 saturated carbocycles. The average molecular weight is 255 g/mol. The maximum Gasteiger partial charge on any atom is 0.0961 e. The second-order valence-corrected chi connectivity index (χ2v) is 5.31. The van der Waals surface area contributed by atoms with E-state index in [0.717, 1.165) is 19.7 Å². The van der Waals surface area contributed by atoms with Crippen LogP contribution in [0.15, 0.2) is 28.0 Å². The molecule has 1 heterocycles. The van der Waals surface area contributed by atoms with Gasteiger partial charge in [-0.15, -0.1) is 23.5 Å². The van der Waals surface area contributed by atoms with Crippen molar-refractivity contribution in [2.75, 3.05) is 32.2 Å². The molecule has 0 aliphatic carbocycles. The molecular formula is C12H17NOS2. The second kappa shape index (κ2) is 5.96. The topological polar surface area (TPSA) is 21.3 Å². The van der Waals surface area contributed by atoms with E-state index in [1.807, 2.05) is 11.8 Å². The van der Waals surface area contributed by atoms with Crippen LogP contribution in [0.25, 0.3) is 0 Å². The minimum Gasteiger partial charge on any atom is -0.371 e. The number of morpholine rings is 1. The van der Waals surface area contributed by atoms with Crippen molar-refractivity contribution < 1.29 is 4.74 Å². The smallest absolute Gasteiger partial charge is 0.0961 e. The van der Waals surface area contributed by atoms with Gasteiger partial charge >= 0.3 is 0 Å². The van der Waals surface area contributed by atoms with E-state index in [2.05, 4.69) is 36.0 Å². The van der Waals surface area contributed by atoms with Crippen LogP contribution in [0.3, 0.4) is 0 Å².